The van der Waals surface area contributed by atoms with Crippen molar-refractivity contribution in [3.05, 3.63) is 18.2 Å². The van der Waals surface area contributed by atoms with Crippen LogP contribution in [0.1, 0.15) is 65.0 Å². The summed E-state index contributed by atoms with van der Waals surface area (Å²) in [6, 6.07) is -7.25. The zero-order valence-corrected chi connectivity index (χ0v) is 30.5. The Bertz CT molecular complexity index is 1520. The Morgan fingerprint density at radius 1 is 0.963 bits per heavy atom. The maximum atomic E-state index is 13.6. The number of amides is 6. The van der Waals surface area contributed by atoms with Gasteiger partial charge in [0.25, 0.3) is 0 Å². The quantitative estimate of drug-likeness (QED) is 0.0305. The number of nitrogens with two attached hydrogens (primary N) is 3. The first-order valence-corrected chi connectivity index (χ1v) is 17.4. The zero-order valence-electron chi connectivity index (χ0n) is 30.5. The molecule has 1 saturated heterocycles. The summed E-state index contributed by atoms with van der Waals surface area (Å²) in [5, 5.41) is 31.0. The van der Waals surface area contributed by atoms with Crippen LogP contribution in [-0.2, 0) is 44.8 Å². The fourth-order valence-electron chi connectivity index (χ4n) is 5.56. The molecule has 0 saturated carbocycles. The van der Waals surface area contributed by atoms with Crippen molar-refractivity contribution in [2.75, 3.05) is 19.6 Å². The van der Waals surface area contributed by atoms with E-state index in [1.54, 1.807) is 13.8 Å². The second kappa shape index (κ2) is 21.7. The number of likely N-dealkylation sites (tertiary alicyclic amines) is 1. The van der Waals surface area contributed by atoms with Gasteiger partial charge in [0.05, 0.1) is 25.3 Å². The van der Waals surface area contributed by atoms with Crippen molar-refractivity contribution in [3.63, 3.8) is 0 Å². The number of hydrogen-bond donors (Lipinski definition) is 11. The van der Waals surface area contributed by atoms with Crippen molar-refractivity contribution in [2.24, 2.45) is 28.1 Å². The maximum Gasteiger partial charge on any atom is 0.326 e. The number of aromatic nitrogens is 2. The molecule has 0 spiro atoms. The van der Waals surface area contributed by atoms with E-state index in [1.807, 2.05) is 0 Å². The summed E-state index contributed by atoms with van der Waals surface area (Å²) in [5.41, 5.74) is 16.7. The number of H-pyrrole nitrogens is 1. The topological polar surface area (TPSA) is 360 Å². The molecule has 2 rings (SSSR count). The van der Waals surface area contributed by atoms with E-state index < -0.39 is 96.6 Å². The SMILES string of the molecule is CC(C)C[C@H](NC(=O)[C@H](Cc1cnc[nH]1)NC(=O)CNC(=O)[C@@H]1CCCN1C(=O)[C@@H](N)CC(=O)O)C(=O)N[C@@H](C)C(=O)N[C@@H](CCCN=C(N)N)C(=O)O. The lowest BCUT2D eigenvalue weighted by molar-refractivity contribution is -0.144. The van der Waals surface area contributed by atoms with Gasteiger partial charge in [0.1, 0.15) is 30.2 Å². The molecule has 1 aromatic heterocycles. The van der Waals surface area contributed by atoms with Gasteiger partial charge in [-0.25, -0.2) is 9.78 Å². The summed E-state index contributed by atoms with van der Waals surface area (Å²) in [7, 11) is 0. The largest absolute Gasteiger partial charge is 0.481 e. The van der Waals surface area contributed by atoms with Crippen molar-refractivity contribution in [3.8, 4) is 0 Å². The Balaban J connectivity index is 2.08. The average molecular weight is 765 g/mol. The van der Waals surface area contributed by atoms with Gasteiger partial charge in [-0.2, -0.15) is 0 Å². The number of carbonyl (C=O) groups excluding carboxylic acids is 6. The Morgan fingerprint density at radius 3 is 2.22 bits per heavy atom. The summed E-state index contributed by atoms with van der Waals surface area (Å²) in [5.74, 6) is -7.28. The highest BCUT2D eigenvalue weighted by Gasteiger charge is 2.37. The number of carbonyl (C=O) groups is 8. The van der Waals surface area contributed by atoms with Crippen molar-refractivity contribution >= 4 is 53.3 Å². The summed E-state index contributed by atoms with van der Waals surface area (Å²) in [6.07, 6.45) is 3.21. The molecule has 2 heterocycles. The zero-order chi connectivity index (χ0) is 40.5. The highest BCUT2D eigenvalue weighted by molar-refractivity contribution is 5.96. The molecule has 300 valence electrons. The first-order valence-electron chi connectivity index (χ1n) is 17.4. The molecule has 6 amide bonds. The molecule has 0 bridgehead atoms. The van der Waals surface area contributed by atoms with Crippen LogP contribution in [0, 0.1) is 5.92 Å². The summed E-state index contributed by atoms with van der Waals surface area (Å²) >= 11 is 0. The number of guanidine groups is 1. The van der Waals surface area contributed by atoms with Crippen LogP contribution in [0.3, 0.4) is 0 Å². The lowest BCUT2D eigenvalue weighted by atomic mass is 10.0. The van der Waals surface area contributed by atoms with E-state index in [-0.39, 0.29) is 57.1 Å². The molecule has 14 N–H and O–H groups in total. The standard InChI is InChI=1S/C32H52N12O10/c1-16(2)10-21(27(49)40-17(3)26(48)42-20(31(53)54)6-4-8-37-32(34)35)43-28(50)22(11-18-13-36-15-39-18)41-24(45)14-38-29(51)23-7-5-9-44(23)30(52)19(33)12-25(46)47/h13,15-17,19-23H,4-12,14,33H2,1-3H3,(H,36,39)(H,38,51)(H,40,49)(H,41,45)(H,42,48)(H,43,50)(H,46,47)(H,53,54)(H4,34,35,37)/t17-,19-,20-,21-,22-,23-/m0/s1. The van der Waals surface area contributed by atoms with E-state index in [4.69, 9.17) is 22.3 Å². The molecule has 0 radical (unpaired) electrons. The Morgan fingerprint density at radius 2 is 1.63 bits per heavy atom. The highest BCUT2D eigenvalue weighted by atomic mass is 16.4. The lowest BCUT2D eigenvalue weighted by Crippen LogP contribution is -2.58. The van der Waals surface area contributed by atoms with E-state index in [0.717, 1.165) is 0 Å². The van der Waals surface area contributed by atoms with E-state index in [0.29, 0.717) is 12.1 Å². The van der Waals surface area contributed by atoms with Crippen LogP contribution in [0.4, 0.5) is 0 Å². The van der Waals surface area contributed by atoms with Crippen molar-refractivity contribution in [2.45, 2.75) is 102 Å². The number of nitrogens with one attached hydrogen (secondary N) is 6. The number of aliphatic imine (C=N–C) groups is 1. The molecule has 1 fully saturated rings. The maximum absolute atomic E-state index is 13.6. The predicted molar refractivity (Wildman–Crippen MR) is 191 cm³/mol. The fraction of sp³-hybridized carbons (Fsp3) is 0.625. The van der Waals surface area contributed by atoms with Crippen LogP contribution in [0.5, 0.6) is 0 Å². The number of hydrogen-bond acceptors (Lipinski definition) is 11. The van der Waals surface area contributed by atoms with Gasteiger partial charge in [-0.1, -0.05) is 13.8 Å². The third kappa shape index (κ3) is 15.0. The highest BCUT2D eigenvalue weighted by Crippen LogP contribution is 2.19. The number of aromatic amines is 1. The monoisotopic (exact) mass is 764 g/mol. The van der Waals surface area contributed by atoms with Gasteiger partial charge in [-0.05, 0) is 44.9 Å². The Hall–Kier alpha value is -5.80. The Kier molecular flexibility index (Phi) is 17.8. The molecule has 0 aliphatic carbocycles. The molecule has 1 aromatic rings. The number of nitrogens with zero attached hydrogens (tertiary/aromatic N) is 3. The van der Waals surface area contributed by atoms with Crippen LogP contribution in [-0.4, -0.2) is 134 Å². The summed E-state index contributed by atoms with van der Waals surface area (Å²) in [4.78, 5) is 113. The van der Waals surface area contributed by atoms with E-state index in [9.17, 15) is 43.5 Å². The van der Waals surface area contributed by atoms with Gasteiger partial charge in [0.2, 0.25) is 35.4 Å². The lowest BCUT2D eigenvalue weighted by Gasteiger charge is -2.27. The van der Waals surface area contributed by atoms with Gasteiger partial charge < -0.3 is 63.9 Å². The molecule has 0 unspecified atom stereocenters. The molecule has 1 aliphatic heterocycles. The fourth-order valence-corrected chi connectivity index (χ4v) is 5.56. The minimum Gasteiger partial charge on any atom is -0.481 e. The van der Waals surface area contributed by atoms with Crippen LogP contribution < -0.4 is 43.8 Å². The van der Waals surface area contributed by atoms with Crippen LogP contribution in [0.15, 0.2) is 17.5 Å². The number of rotatable bonds is 22. The molecule has 54 heavy (non-hydrogen) atoms. The first kappa shape index (κ1) is 44.4. The minimum atomic E-state index is -1.34. The molecule has 22 heteroatoms. The number of aliphatic carboxylic acids is 2. The predicted octanol–water partition coefficient (Wildman–Crippen LogP) is -4.00. The van der Waals surface area contributed by atoms with Crippen molar-refractivity contribution in [1.82, 2.24) is 41.5 Å². The molecular formula is C32H52N12O10. The second-order valence-corrected chi connectivity index (χ2v) is 13.3. The number of carboxylic acid groups (broad SMARTS) is 2. The number of imidazole rings is 1. The third-order valence-corrected chi connectivity index (χ3v) is 8.26. The molecule has 6 atom stereocenters. The first-order chi connectivity index (χ1) is 25.4. The average Bonchev–Trinajstić information content (AvgIpc) is 3.79. The van der Waals surface area contributed by atoms with Crippen LogP contribution >= 0.6 is 0 Å². The third-order valence-electron chi connectivity index (χ3n) is 8.26. The molecular weight excluding hydrogens is 712 g/mol. The Labute approximate surface area is 311 Å². The van der Waals surface area contributed by atoms with Gasteiger partial charge in [-0.3, -0.25) is 38.6 Å². The van der Waals surface area contributed by atoms with Gasteiger partial charge in [-0.15, -0.1) is 0 Å². The van der Waals surface area contributed by atoms with Crippen LogP contribution in [0.25, 0.3) is 0 Å². The van der Waals surface area contributed by atoms with Crippen molar-refractivity contribution < 1.29 is 48.6 Å². The van der Waals surface area contributed by atoms with Crippen molar-refractivity contribution in [1.29, 1.82) is 0 Å². The molecule has 1 aliphatic rings. The smallest absolute Gasteiger partial charge is 0.326 e. The second-order valence-electron chi connectivity index (χ2n) is 13.3. The summed E-state index contributed by atoms with van der Waals surface area (Å²) < 4.78 is 0. The summed E-state index contributed by atoms with van der Waals surface area (Å²) in [6.45, 7) is 4.69. The minimum absolute atomic E-state index is 0.0136. The van der Waals surface area contributed by atoms with Crippen LogP contribution in [0.2, 0.25) is 0 Å². The van der Waals surface area contributed by atoms with E-state index in [2.05, 4.69) is 41.5 Å². The van der Waals surface area contributed by atoms with E-state index in [1.165, 1.54) is 24.3 Å². The molecule has 0 aromatic carbocycles. The van der Waals surface area contributed by atoms with E-state index >= 15 is 0 Å². The van der Waals surface area contributed by atoms with Gasteiger partial charge >= 0.3 is 11.9 Å². The van der Waals surface area contributed by atoms with Gasteiger partial charge in [0.15, 0.2) is 5.96 Å². The molecule has 22 nitrogen and oxygen atoms in total. The van der Waals surface area contributed by atoms with Gasteiger partial charge in [0, 0.05) is 31.4 Å². The number of carboxylic acids is 2. The normalized spacial score (nSPS) is 16.5.